The fourth-order valence-corrected chi connectivity index (χ4v) is 1.27. The molecule has 1 unspecified atom stereocenters. The molecular formula is C12H18N4O2. The normalized spacial score (nSPS) is 11.4. The SMILES string of the molecule is COc1ccccc1NC(=O)NCC(C)C(=N)N. The summed E-state index contributed by atoms with van der Waals surface area (Å²) in [6.07, 6.45) is 0. The molecule has 0 heterocycles. The first-order chi connectivity index (χ1) is 8.54. The highest BCUT2D eigenvalue weighted by Crippen LogP contribution is 2.22. The summed E-state index contributed by atoms with van der Waals surface area (Å²) in [5.74, 6) is 0.452. The minimum atomic E-state index is -0.354. The maximum absolute atomic E-state index is 11.6. The van der Waals surface area contributed by atoms with E-state index in [1.54, 1.807) is 25.1 Å². The van der Waals surface area contributed by atoms with Crippen molar-refractivity contribution in [1.29, 1.82) is 5.41 Å². The fraction of sp³-hybridized carbons (Fsp3) is 0.333. The van der Waals surface area contributed by atoms with Gasteiger partial charge in [-0.15, -0.1) is 0 Å². The van der Waals surface area contributed by atoms with Crippen LogP contribution >= 0.6 is 0 Å². The molecule has 18 heavy (non-hydrogen) atoms. The number of carbonyl (C=O) groups is 1. The third-order valence-electron chi connectivity index (χ3n) is 2.45. The molecule has 0 saturated heterocycles. The number of amides is 2. The van der Waals surface area contributed by atoms with Crippen LogP contribution in [0.15, 0.2) is 24.3 Å². The van der Waals surface area contributed by atoms with Crippen molar-refractivity contribution in [1.82, 2.24) is 5.32 Å². The molecule has 2 amide bonds. The van der Waals surface area contributed by atoms with E-state index in [4.69, 9.17) is 15.9 Å². The van der Waals surface area contributed by atoms with E-state index < -0.39 is 0 Å². The molecule has 1 aromatic rings. The highest BCUT2D eigenvalue weighted by atomic mass is 16.5. The van der Waals surface area contributed by atoms with Gasteiger partial charge in [0, 0.05) is 12.5 Å². The molecule has 0 aliphatic carbocycles. The second-order valence-corrected chi connectivity index (χ2v) is 3.89. The summed E-state index contributed by atoms with van der Waals surface area (Å²) in [6, 6.07) is 6.77. The Morgan fingerprint density at radius 3 is 2.78 bits per heavy atom. The number of rotatable bonds is 5. The average Bonchev–Trinajstić information content (AvgIpc) is 2.36. The van der Waals surface area contributed by atoms with Crippen LogP contribution in [0.1, 0.15) is 6.92 Å². The van der Waals surface area contributed by atoms with E-state index in [9.17, 15) is 4.79 Å². The summed E-state index contributed by atoms with van der Waals surface area (Å²) in [6.45, 7) is 2.09. The summed E-state index contributed by atoms with van der Waals surface area (Å²) in [5, 5.41) is 12.5. The van der Waals surface area contributed by atoms with Gasteiger partial charge in [-0.25, -0.2) is 4.79 Å². The Balaban J connectivity index is 2.52. The molecule has 1 rings (SSSR count). The molecule has 6 heteroatoms. The van der Waals surface area contributed by atoms with Crippen molar-refractivity contribution in [2.45, 2.75) is 6.92 Å². The molecule has 1 atom stereocenters. The van der Waals surface area contributed by atoms with E-state index in [1.807, 2.05) is 6.07 Å². The number of methoxy groups -OCH3 is 1. The lowest BCUT2D eigenvalue weighted by atomic mass is 10.1. The molecule has 6 nitrogen and oxygen atoms in total. The van der Waals surface area contributed by atoms with Crippen LogP contribution in [0.3, 0.4) is 0 Å². The van der Waals surface area contributed by atoms with Gasteiger partial charge in [0.2, 0.25) is 0 Å². The predicted molar refractivity (Wildman–Crippen MR) is 71.1 cm³/mol. The first-order valence-corrected chi connectivity index (χ1v) is 5.56. The number of carbonyl (C=O) groups excluding carboxylic acids is 1. The van der Waals surface area contributed by atoms with Crippen molar-refractivity contribution in [3.05, 3.63) is 24.3 Å². The van der Waals surface area contributed by atoms with Crippen LogP contribution in [0.2, 0.25) is 0 Å². The maximum Gasteiger partial charge on any atom is 0.319 e. The molecular weight excluding hydrogens is 232 g/mol. The minimum absolute atomic E-state index is 0.0487. The molecule has 0 radical (unpaired) electrons. The second-order valence-electron chi connectivity index (χ2n) is 3.89. The van der Waals surface area contributed by atoms with Gasteiger partial charge in [0.1, 0.15) is 5.75 Å². The average molecular weight is 250 g/mol. The number of hydrogen-bond donors (Lipinski definition) is 4. The lowest BCUT2D eigenvalue weighted by Gasteiger charge is -2.13. The highest BCUT2D eigenvalue weighted by molar-refractivity contribution is 5.91. The van der Waals surface area contributed by atoms with Gasteiger partial charge in [-0.05, 0) is 12.1 Å². The highest BCUT2D eigenvalue weighted by Gasteiger charge is 2.09. The van der Waals surface area contributed by atoms with E-state index in [0.717, 1.165) is 0 Å². The molecule has 0 spiro atoms. The van der Waals surface area contributed by atoms with Crippen LogP contribution in [0, 0.1) is 11.3 Å². The third-order valence-corrected chi connectivity index (χ3v) is 2.45. The second kappa shape index (κ2) is 6.48. The zero-order valence-corrected chi connectivity index (χ0v) is 10.5. The summed E-state index contributed by atoms with van der Waals surface area (Å²) < 4.78 is 5.11. The van der Waals surface area contributed by atoms with Crippen LogP contribution in [0.5, 0.6) is 5.75 Å². The minimum Gasteiger partial charge on any atom is -0.495 e. The lowest BCUT2D eigenvalue weighted by molar-refractivity contribution is 0.251. The Labute approximate surface area is 106 Å². The van der Waals surface area contributed by atoms with Crippen LogP contribution in [-0.2, 0) is 0 Å². The van der Waals surface area contributed by atoms with Gasteiger partial charge < -0.3 is 21.1 Å². The van der Waals surface area contributed by atoms with Crippen LogP contribution in [0.4, 0.5) is 10.5 Å². The summed E-state index contributed by atoms with van der Waals surface area (Å²) in [4.78, 5) is 11.6. The van der Waals surface area contributed by atoms with Crippen LogP contribution in [-0.4, -0.2) is 25.5 Å². The summed E-state index contributed by atoms with van der Waals surface area (Å²) >= 11 is 0. The predicted octanol–water partition coefficient (Wildman–Crippen LogP) is 1.39. The Morgan fingerprint density at radius 1 is 1.50 bits per heavy atom. The molecule has 0 saturated carbocycles. The number of urea groups is 1. The Kier molecular flexibility index (Phi) is 4.98. The molecule has 0 bridgehead atoms. The number of nitrogens with one attached hydrogen (secondary N) is 3. The van der Waals surface area contributed by atoms with E-state index in [1.165, 1.54) is 7.11 Å². The maximum atomic E-state index is 11.6. The van der Waals surface area contributed by atoms with E-state index >= 15 is 0 Å². The topological polar surface area (TPSA) is 100 Å². The summed E-state index contributed by atoms with van der Waals surface area (Å²) in [7, 11) is 1.54. The quantitative estimate of drug-likeness (QED) is 0.469. The van der Waals surface area contributed by atoms with Crippen molar-refractivity contribution in [2.75, 3.05) is 19.0 Å². The van der Waals surface area contributed by atoms with E-state index in [2.05, 4.69) is 10.6 Å². The molecule has 0 aliphatic rings. The largest absolute Gasteiger partial charge is 0.495 e. The number of para-hydroxylation sites is 2. The van der Waals surface area contributed by atoms with Crippen molar-refractivity contribution >= 4 is 17.6 Å². The Bertz CT molecular complexity index is 434. The standard InChI is InChI=1S/C12H18N4O2/c1-8(11(13)14)7-15-12(17)16-9-5-3-4-6-10(9)18-2/h3-6,8H,7H2,1-2H3,(H3,13,14)(H2,15,16,17). The van der Waals surface area contributed by atoms with Crippen LogP contribution in [0.25, 0.3) is 0 Å². The van der Waals surface area contributed by atoms with Gasteiger partial charge in [-0.3, -0.25) is 5.41 Å². The fourth-order valence-electron chi connectivity index (χ4n) is 1.27. The summed E-state index contributed by atoms with van der Waals surface area (Å²) in [5.41, 5.74) is 5.90. The number of amidine groups is 1. The monoisotopic (exact) mass is 250 g/mol. The molecule has 5 N–H and O–H groups in total. The molecule has 1 aromatic carbocycles. The molecule has 0 fully saturated rings. The van der Waals surface area contributed by atoms with Crippen molar-refractivity contribution in [3.8, 4) is 5.75 Å². The van der Waals surface area contributed by atoms with Gasteiger partial charge in [0.25, 0.3) is 0 Å². The molecule has 0 aromatic heterocycles. The van der Waals surface area contributed by atoms with Gasteiger partial charge >= 0.3 is 6.03 Å². The number of hydrogen-bond acceptors (Lipinski definition) is 3. The zero-order valence-electron chi connectivity index (χ0n) is 10.5. The van der Waals surface area contributed by atoms with Crippen molar-refractivity contribution < 1.29 is 9.53 Å². The van der Waals surface area contributed by atoms with E-state index in [-0.39, 0.29) is 17.8 Å². The third kappa shape index (κ3) is 3.97. The van der Waals surface area contributed by atoms with Gasteiger partial charge in [-0.2, -0.15) is 0 Å². The first kappa shape index (κ1) is 13.8. The van der Waals surface area contributed by atoms with Crippen LogP contribution < -0.4 is 21.1 Å². The molecule has 98 valence electrons. The van der Waals surface area contributed by atoms with Crippen molar-refractivity contribution in [2.24, 2.45) is 11.7 Å². The Hall–Kier alpha value is -2.24. The number of anilines is 1. The Morgan fingerprint density at radius 2 is 2.17 bits per heavy atom. The number of nitrogens with two attached hydrogens (primary N) is 1. The zero-order chi connectivity index (χ0) is 13.5. The number of ether oxygens (including phenoxy) is 1. The van der Waals surface area contributed by atoms with Gasteiger partial charge in [-0.1, -0.05) is 19.1 Å². The lowest BCUT2D eigenvalue weighted by Crippen LogP contribution is -2.36. The van der Waals surface area contributed by atoms with Crippen molar-refractivity contribution in [3.63, 3.8) is 0 Å². The van der Waals surface area contributed by atoms with Gasteiger partial charge in [0.15, 0.2) is 0 Å². The number of benzene rings is 1. The first-order valence-electron chi connectivity index (χ1n) is 5.56. The van der Waals surface area contributed by atoms with E-state index in [0.29, 0.717) is 18.0 Å². The molecule has 0 aliphatic heterocycles. The smallest absolute Gasteiger partial charge is 0.319 e. The van der Waals surface area contributed by atoms with Gasteiger partial charge in [0.05, 0.1) is 18.6 Å².